The Hall–Kier alpha value is -5.91. The molecule has 1 heterocycles. The van der Waals surface area contributed by atoms with E-state index in [2.05, 4.69) is 36.2 Å². The number of hydrogen-bond acceptors (Lipinski definition) is 11. The summed E-state index contributed by atoms with van der Waals surface area (Å²) < 4.78 is 76.2. The van der Waals surface area contributed by atoms with Crippen molar-refractivity contribution < 1.29 is 50.6 Å². The normalized spacial score (nSPS) is 17.0. The molecule has 0 aliphatic heterocycles. The van der Waals surface area contributed by atoms with Crippen molar-refractivity contribution in [2.45, 2.75) is 62.2 Å². The largest absolute Gasteiger partial charge is 0.467 e. The van der Waals surface area contributed by atoms with Gasteiger partial charge in [-0.25, -0.2) is 13.6 Å². The lowest BCUT2D eigenvalue weighted by Gasteiger charge is -2.19. The Balaban J connectivity index is 1.02. The zero-order valence-corrected chi connectivity index (χ0v) is 31.6. The van der Waals surface area contributed by atoms with Crippen LogP contribution in [0.2, 0.25) is 5.02 Å². The molecule has 2 fully saturated rings. The van der Waals surface area contributed by atoms with Crippen LogP contribution in [0.5, 0.6) is 6.01 Å². The van der Waals surface area contributed by atoms with Crippen molar-refractivity contribution in [3.63, 3.8) is 0 Å². The first-order valence-corrected chi connectivity index (χ1v) is 18.5. The molecule has 6 rings (SSSR count). The summed E-state index contributed by atoms with van der Waals surface area (Å²) in [5, 5.41) is 11.5. The van der Waals surface area contributed by atoms with Crippen LogP contribution in [0.25, 0.3) is 0 Å². The SMILES string of the molecule is COC(=O)[C@H](CCNC(=O)C(=O)CCC1CC1c1cc(F)ccc1F)NC(=O)c1ccc(Nc2nc(NC3(c4ccc(Cl)cc4)CC3)nc(OCC(F)(F)F)n2)cc1. The molecule has 306 valence electrons. The van der Waals surface area contributed by atoms with Gasteiger partial charge in [0.2, 0.25) is 17.7 Å². The van der Waals surface area contributed by atoms with Gasteiger partial charge in [-0.3, -0.25) is 14.4 Å². The summed E-state index contributed by atoms with van der Waals surface area (Å²) in [6.07, 6.45) is -2.58. The average Bonchev–Trinajstić information content (AvgIpc) is 4.13. The molecule has 0 radical (unpaired) electrons. The summed E-state index contributed by atoms with van der Waals surface area (Å²) in [4.78, 5) is 62.8. The van der Waals surface area contributed by atoms with E-state index in [0.29, 0.717) is 36.4 Å². The van der Waals surface area contributed by atoms with Crippen LogP contribution in [0.1, 0.15) is 65.9 Å². The number of halogens is 6. The number of carbonyl (C=O) groups excluding carboxylic acids is 4. The number of nitrogens with zero attached hydrogens (tertiary/aromatic N) is 3. The molecule has 2 amide bonds. The Kier molecular flexibility index (Phi) is 12.7. The van der Waals surface area contributed by atoms with E-state index in [0.717, 1.165) is 30.9 Å². The Morgan fingerprint density at radius 3 is 2.33 bits per heavy atom. The third-order valence-electron chi connectivity index (χ3n) is 9.67. The number of rotatable bonds is 18. The molecule has 2 aliphatic carbocycles. The summed E-state index contributed by atoms with van der Waals surface area (Å²) in [5.41, 5.74) is 1.01. The number of anilines is 3. The first-order valence-electron chi connectivity index (χ1n) is 18.1. The van der Waals surface area contributed by atoms with Gasteiger partial charge in [0.15, 0.2) is 6.61 Å². The molecule has 0 saturated heterocycles. The number of alkyl halides is 3. The number of amides is 2. The van der Waals surface area contributed by atoms with Gasteiger partial charge in [-0.15, -0.1) is 0 Å². The summed E-state index contributed by atoms with van der Waals surface area (Å²) in [5.74, 6) is -4.63. The third kappa shape index (κ3) is 11.1. The van der Waals surface area contributed by atoms with Crippen molar-refractivity contribution in [3.8, 4) is 6.01 Å². The van der Waals surface area contributed by atoms with Gasteiger partial charge in [0.1, 0.15) is 17.7 Å². The Bertz CT molecular complexity index is 2160. The molecule has 58 heavy (non-hydrogen) atoms. The molecule has 2 aliphatic rings. The smallest absolute Gasteiger partial charge is 0.422 e. The fraction of sp³-hybridized carbons (Fsp3) is 0.359. The minimum atomic E-state index is -4.65. The number of methoxy groups -OCH3 is 1. The van der Waals surface area contributed by atoms with Crippen molar-refractivity contribution >= 4 is 52.8 Å². The minimum Gasteiger partial charge on any atom is -0.467 e. The van der Waals surface area contributed by atoms with Gasteiger partial charge in [0, 0.05) is 29.2 Å². The first kappa shape index (κ1) is 41.7. The highest BCUT2D eigenvalue weighted by Gasteiger charge is 2.45. The molecule has 3 atom stereocenters. The molecule has 0 spiro atoms. The second-order valence-electron chi connectivity index (χ2n) is 13.9. The van der Waals surface area contributed by atoms with Crippen molar-refractivity contribution in [1.29, 1.82) is 0 Å². The lowest BCUT2D eigenvalue weighted by molar-refractivity contribution is -0.154. The highest BCUT2D eigenvalue weighted by atomic mass is 35.5. The number of nitrogens with one attached hydrogen (secondary N) is 4. The van der Waals surface area contributed by atoms with Gasteiger partial charge in [-0.1, -0.05) is 23.7 Å². The topological polar surface area (TPSA) is 174 Å². The molecule has 1 aromatic heterocycles. The molecule has 4 N–H and O–H groups in total. The van der Waals surface area contributed by atoms with Crippen molar-refractivity contribution in [1.82, 2.24) is 25.6 Å². The van der Waals surface area contributed by atoms with E-state index in [9.17, 15) is 41.1 Å². The summed E-state index contributed by atoms with van der Waals surface area (Å²) >= 11 is 6.03. The lowest BCUT2D eigenvalue weighted by atomic mass is 10.0. The zero-order chi connectivity index (χ0) is 41.6. The Morgan fingerprint density at radius 2 is 1.66 bits per heavy atom. The predicted molar refractivity (Wildman–Crippen MR) is 199 cm³/mol. The molecular formula is C39H37ClF5N7O6. The molecule has 0 bridgehead atoms. The number of esters is 1. The number of carbonyl (C=O) groups is 4. The highest BCUT2D eigenvalue weighted by molar-refractivity contribution is 6.36. The van der Waals surface area contributed by atoms with Gasteiger partial charge in [0.25, 0.3) is 11.8 Å². The lowest BCUT2D eigenvalue weighted by Crippen LogP contribution is -2.44. The molecule has 4 aromatic rings. The van der Waals surface area contributed by atoms with E-state index < -0.39 is 65.6 Å². The van der Waals surface area contributed by atoms with E-state index in [1.165, 1.54) is 24.3 Å². The molecule has 3 aromatic carbocycles. The number of ether oxygens (including phenoxy) is 2. The second-order valence-corrected chi connectivity index (χ2v) is 14.3. The van der Waals surface area contributed by atoms with E-state index in [1.807, 2.05) is 12.1 Å². The highest BCUT2D eigenvalue weighted by Crippen LogP contribution is 2.51. The summed E-state index contributed by atoms with van der Waals surface area (Å²) in [7, 11) is 1.12. The fourth-order valence-electron chi connectivity index (χ4n) is 6.34. The number of hydrogen-bond donors (Lipinski definition) is 4. The van der Waals surface area contributed by atoms with Crippen LogP contribution in [-0.2, 0) is 24.7 Å². The van der Waals surface area contributed by atoms with Gasteiger partial charge in [-0.2, -0.15) is 28.1 Å². The summed E-state index contributed by atoms with van der Waals surface area (Å²) in [6, 6.07) is 14.3. The molecule has 2 unspecified atom stereocenters. The van der Waals surface area contributed by atoms with Crippen LogP contribution in [-0.4, -0.2) is 71.0 Å². The quantitative estimate of drug-likeness (QED) is 0.0489. The standard InChI is InChI=1S/C39H37ClF5N7O6/c1-57-34(56)30(14-17-46-33(55)31(53)13-4-22-18-27(22)28-19-25(41)9-12-29(28)42)48-32(54)21-2-10-26(11-3-21)47-35-49-36(51-37(50-35)58-20-39(43,44)45)52-38(15-16-38)23-5-7-24(40)8-6-23/h2-3,5-12,19,22,27,30H,4,13-18,20H2,1H3,(H,46,55)(H,48,54)(H2,47,49,50,51,52)/t22?,27?,30-/m0/s1. The maximum Gasteiger partial charge on any atom is 0.422 e. The van der Waals surface area contributed by atoms with Crippen LogP contribution < -0.4 is 26.0 Å². The van der Waals surface area contributed by atoms with E-state index in [-0.39, 0.29) is 54.2 Å². The monoisotopic (exact) mass is 829 g/mol. The van der Waals surface area contributed by atoms with Crippen molar-refractivity contribution in [3.05, 3.63) is 100 Å². The van der Waals surface area contributed by atoms with Crippen molar-refractivity contribution in [2.75, 3.05) is 30.9 Å². The van der Waals surface area contributed by atoms with E-state index in [1.54, 1.807) is 12.1 Å². The van der Waals surface area contributed by atoms with Gasteiger partial charge in [0.05, 0.1) is 12.6 Å². The van der Waals surface area contributed by atoms with Crippen LogP contribution in [0, 0.1) is 17.6 Å². The Morgan fingerprint density at radius 1 is 0.948 bits per heavy atom. The van der Waals surface area contributed by atoms with Crippen LogP contribution in [0.3, 0.4) is 0 Å². The van der Waals surface area contributed by atoms with E-state index >= 15 is 0 Å². The molecule has 19 heteroatoms. The maximum atomic E-state index is 14.1. The average molecular weight is 830 g/mol. The van der Waals surface area contributed by atoms with Gasteiger partial charge < -0.3 is 30.7 Å². The molecule has 13 nitrogen and oxygen atoms in total. The van der Waals surface area contributed by atoms with Crippen molar-refractivity contribution in [2.24, 2.45) is 5.92 Å². The van der Waals surface area contributed by atoms with Gasteiger partial charge >= 0.3 is 18.2 Å². The number of benzene rings is 3. The second kappa shape index (κ2) is 17.7. The number of aromatic nitrogens is 3. The van der Waals surface area contributed by atoms with Crippen LogP contribution in [0.15, 0.2) is 66.7 Å². The predicted octanol–water partition coefficient (Wildman–Crippen LogP) is 6.52. The zero-order valence-electron chi connectivity index (χ0n) is 30.8. The van der Waals surface area contributed by atoms with Crippen LogP contribution in [0.4, 0.5) is 39.5 Å². The maximum absolute atomic E-state index is 14.1. The third-order valence-corrected chi connectivity index (χ3v) is 9.92. The minimum absolute atomic E-state index is 0.0422. The number of ketones is 1. The van der Waals surface area contributed by atoms with Crippen LogP contribution >= 0.6 is 11.6 Å². The van der Waals surface area contributed by atoms with E-state index in [4.69, 9.17) is 21.1 Å². The molecular weight excluding hydrogens is 793 g/mol. The first-order chi connectivity index (χ1) is 27.6. The molecule has 2 saturated carbocycles. The fourth-order valence-corrected chi connectivity index (χ4v) is 6.47. The van der Waals surface area contributed by atoms with Gasteiger partial charge in [-0.05, 0) is 110 Å². The number of Topliss-reactive ketones (excluding diaryl/α,β-unsaturated/α-hetero) is 1. The Labute approximate surface area is 333 Å². The summed E-state index contributed by atoms with van der Waals surface area (Å²) in [6.45, 7) is -1.79.